The molecule has 0 bridgehead atoms. The van der Waals surface area contributed by atoms with Crippen molar-refractivity contribution in [1.29, 1.82) is 0 Å². The fourth-order valence-corrected chi connectivity index (χ4v) is 1.84. The number of aliphatic imine (C=N–C) groups is 1. The van der Waals surface area contributed by atoms with E-state index in [1.807, 2.05) is 13.1 Å². The summed E-state index contributed by atoms with van der Waals surface area (Å²) in [5.41, 5.74) is 0. The molecule has 96 valence electrons. The van der Waals surface area contributed by atoms with E-state index >= 15 is 0 Å². The third-order valence-electron chi connectivity index (χ3n) is 2.92. The quantitative estimate of drug-likeness (QED) is 0.657. The standard InChI is InChI=1S/C12H20N2O3/c1-9-6-8-13-11(9)12(17)14-7-4-2-3-5-10(15)16/h8-9,11H,2-7H2,1H3,(H,14,17)(H,15,16)/t9-,11?/m1/s1. The largest absolute Gasteiger partial charge is 0.481 e. The summed E-state index contributed by atoms with van der Waals surface area (Å²) in [5.74, 6) is -0.477. The minimum Gasteiger partial charge on any atom is -0.481 e. The molecule has 1 aliphatic rings. The predicted molar refractivity (Wildman–Crippen MR) is 65.2 cm³/mol. The normalized spacial score (nSPS) is 22.6. The Morgan fingerprint density at radius 3 is 2.76 bits per heavy atom. The average Bonchev–Trinajstić information content (AvgIpc) is 2.69. The monoisotopic (exact) mass is 240 g/mol. The molecule has 17 heavy (non-hydrogen) atoms. The second kappa shape index (κ2) is 7.04. The lowest BCUT2D eigenvalue weighted by Crippen LogP contribution is -2.36. The molecule has 0 aliphatic carbocycles. The van der Waals surface area contributed by atoms with Gasteiger partial charge in [-0.1, -0.05) is 13.3 Å². The summed E-state index contributed by atoms with van der Waals surface area (Å²) >= 11 is 0. The highest BCUT2D eigenvalue weighted by atomic mass is 16.4. The first-order valence-corrected chi connectivity index (χ1v) is 6.12. The van der Waals surface area contributed by atoms with Crippen LogP contribution in [-0.4, -0.2) is 35.8 Å². The molecule has 0 saturated heterocycles. The van der Waals surface area contributed by atoms with Crippen LogP contribution in [-0.2, 0) is 9.59 Å². The van der Waals surface area contributed by atoms with Gasteiger partial charge in [-0.2, -0.15) is 0 Å². The Bertz CT molecular complexity index is 302. The van der Waals surface area contributed by atoms with Gasteiger partial charge in [-0.25, -0.2) is 0 Å². The van der Waals surface area contributed by atoms with Gasteiger partial charge in [-0.3, -0.25) is 14.6 Å². The Kier molecular flexibility index (Phi) is 5.66. The van der Waals surface area contributed by atoms with E-state index in [1.54, 1.807) is 0 Å². The maximum atomic E-state index is 11.7. The molecule has 1 amide bonds. The summed E-state index contributed by atoms with van der Waals surface area (Å²) in [5, 5.41) is 11.3. The van der Waals surface area contributed by atoms with Crippen LogP contribution in [0.15, 0.2) is 4.99 Å². The van der Waals surface area contributed by atoms with Crippen LogP contribution in [0.4, 0.5) is 0 Å². The van der Waals surface area contributed by atoms with Crippen LogP contribution >= 0.6 is 0 Å². The van der Waals surface area contributed by atoms with Crippen LogP contribution in [0, 0.1) is 5.92 Å². The predicted octanol–water partition coefficient (Wildman–Crippen LogP) is 1.23. The molecule has 2 atom stereocenters. The molecule has 0 aromatic heterocycles. The molecule has 1 unspecified atom stereocenters. The summed E-state index contributed by atoms with van der Waals surface area (Å²) in [6, 6.07) is -0.228. The molecule has 0 saturated carbocycles. The number of carbonyl (C=O) groups excluding carboxylic acids is 1. The highest BCUT2D eigenvalue weighted by Gasteiger charge is 2.26. The molecule has 1 rings (SSSR count). The van der Waals surface area contributed by atoms with Gasteiger partial charge in [0.05, 0.1) is 0 Å². The maximum absolute atomic E-state index is 11.7. The van der Waals surface area contributed by atoms with Crippen LogP contribution in [0.2, 0.25) is 0 Å². The van der Waals surface area contributed by atoms with E-state index in [1.165, 1.54) is 0 Å². The number of carbonyl (C=O) groups is 2. The number of nitrogens with one attached hydrogen (secondary N) is 1. The Balaban J connectivity index is 2.04. The molecule has 1 aliphatic heterocycles. The minimum absolute atomic E-state index is 0.00974. The second-order valence-corrected chi connectivity index (χ2v) is 4.48. The zero-order valence-corrected chi connectivity index (χ0v) is 10.2. The van der Waals surface area contributed by atoms with Crippen molar-refractivity contribution in [3.63, 3.8) is 0 Å². The molecule has 5 nitrogen and oxygen atoms in total. The number of nitrogens with zero attached hydrogens (tertiary/aromatic N) is 1. The van der Waals surface area contributed by atoms with Crippen molar-refractivity contribution < 1.29 is 14.7 Å². The molecule has 0 spiro atoms. The molecule has 0 aromatic carbocycles. The zero-order valence-electron chi connectivity index (χ0n) is 10.2. The summed E-state index contributed by atoms with van der Waals surface area (Å²) in [6.07, 6.45) is 5.21. The van der Waals surface area contributed by atoms with E-state index < -0.39 is 5.97 Å². The highest BCUT2D eigenvalue weighted by Crippen LogP contribution is 2.16. The molecule has 0 fully saturated rings. The average molecular weight is 240 g/mol. The number of rotatable bonds is 7. The Morgan fingerprint density at radius 2 is 2.18 bits per heavy atom. The zero-order chi connectivity index (χ0) is 12.7. The van der Waals surface area contributed by atoms with Crippen LogP contribution in [0.25, 0.3) is 0 Å². The van der Waals surface area contributed by atoms with Gasteiger partial charge in [0, 0.05) is 19.2 Å². The van der Waals surface area contributed by atoms with E-state index in [9.17, 15) is 9.59 Å². The van der Waals surface area contributed by atoms with Gasteiger partial charge < -0.3 is 10.4 Å². The lowest BCUT2D eigenvalue weighted by atomic mass is 10.0. The number of hydrogen-bond acceptors (Lipinski definition) is 3. The number of unbranched alkanes of at least 4 members (excludes halogenated alkanes) is 2. The van der Waals surface area contributed by atoms with Gasteiger partial charge in [0.1, 0.15) is 6.04 Å². The van der Waals surface area contributed by atoms with Crippen LogP contribution in [0.1, 0.15) is 39.0 Å². The maximum Gasteiger partial charge on any atom is 0.303 e. The van der Waals surface area contributed by atoms with E-state index in [4.69, 9.17) is 5.11 Å². The van der Waals surface area contributed by atoms with Crippen molar-refractivity contribution in [3.05, 3.63) is 0 Å². The first-order chi connectivity index (χ1) is 8.11. The van der Waals surface area contributed by atoms with Gasteiger partial charge in [0.2, 0.25) is 5.91 Å². The van der Waals surface area contributed by atoms with Crippen molar-refractivity contribution in [3.8, 4) is 0 Å². The van der Waals surface area contributed by atoms with Gasteiger partial charge in [-0.15, -0.1) is 0 Å². The Labute approximate surface area is 101 Å². The lowest BCUT2D eigenvalue weighted by molar-refractivity contribution is -0.137. The summed E-state index contributed by atoms with van der Waals surface area (Å²) in [6.45, 7) is 2.63. The van der Waals surface area contributed by atoms with Crippen molar-refractivity contribution in [2.75, 3.05) is 6.54 Å². The third-order valence-corrected chi connectivity index (χ3v) is 2.92. The number of amides is 1. The molecule has 0 aromatic rings. The molecule has 2 N–H and O–H groups in total. The third kappa shape index (κ3) is 4.97. The van der Waals surface area contributed by atoms with E-state index in [0.29, 0.717) is 18.9 Å². The van der Waals surface area contributed by atoms with E-state index in [0.717, 1.165) is 19.3 Å². The van der Waals surface area contributed by atoms with Crippen LogP contribution in [0.5, 0.6) is 0 Å². The highest BCUT2D eigenvalue weighted by molar-refractivity contribution is 5.85. The summed E-state index contributed by atoms with van der Waals surface area (Å²) in [4.78, 5) is 26.1. The summed E-state index contributed by atoms with van der Waals surface area (Å²) in [7, 11) is 0. The minimum atomic E-state index is -0.761. The van der Waals surface area contributed by atoms with E-state index in [-0.39, 0.29) is 18.4 Å². The number of aliphatic carboxylic acids is 1. The first-order valence-electron chi connectivity index (χ1n) is 6.12. The fourth-order valence-electron chi connectivity index (χ4n) is 1.84. The molecular formula is C12H20N2O3. The molecule has 0 radical (unpaired) electrons. The Morgan fingerprint density at radius 1 is 1.41 bits per heavy atom. The molecule has 1 heterocycles. The van der Waals surface area contributed by atoms with Crippen LogP contribution < -0.4 is 5.32 Å². The van der Waals surface area contributed by atoms with Gasteiger partial charge in [0.15, 0.2) is 0 Å². The van der Waals surface area contributed by atoms with Crippen LogP contribution in [0.3, 0.4) is 0 Å². The van der Waals surface area contributed by atoms with Gasteiger partial charge in [-0.05, 0) is 25.2 Å². The van der Waals surface area contributed by atoms with Crippen molar-refractivity contribution in [2.24, 2.45) is 10.9 Å². The van der Waals surface area contributed by atoms with Crippen molar-refractivity contribution >= 4 is 18.1 Å². The van der Waals surface area contributed by atoms with Crippen molar-refractivity contribution in [2.45, 2.75) is 45.1 Å². The van der Waals surface area contributed by atoms with Gasteiger partial charge >= 0.3 is 5.97 Å². The molecule has 5 heteroatoms. The smallest absolute Gasteiger partial charge is 0.303 e. The molecular weight excluding hydrogens is 220 g/mol. The number of carboxylic acids is 1. The number of hydrogen-bond donors (Lipinski definition) is 2. The van der Waals surface area contributed by atoms with Crippen molar-refractivity contribution in [1.82, 2.24) is 5.32 Å². The second-order valence-electron chi connectivity index (χ2n) is 4.48. The lowest BCUT2D eigenvalue weighted by Gasteiger charge is -2.13. The SMILES string of the molecule is C[C@@H]1CC=NC1C(=O)NCCCCCC(=O)O. The van der Waals surface area contributed by atoms with E-state index in [2.05, 4.69) is 10.3 Å². The topological polar surface area (TPSA) is 78.8 Å². The fraction of sp³-hybridized carbons (Fsp3) is 0.750. The van der Waals surface area contributed by atoms with Gasteiger partial charge in [0.25, 0.3) is 0 Å². The Hall–Kier alpha value is -1.39. The first kappa shape index (κ1) is 13.7. The summed E-state index contributed by atoms with van der Waals surface area (Å²) < 4.78 is 0. The number of carboxylic acid groups (broad SMARTS) is 1.